The van der Waals surface area contributed by atoms with Gasteiger partial charge >= 0.3 is 0 Å². The first-order valence-electron chi connectivity index (χ1n) is 6.90. The van der Waals surface area contributed by atoms with Crippen molar-refractivity contribution in [3.63, 3.8) is 0 Å². The van der Waals surface area contributed by atoms with E-state index in [0.29, 0.717) is 12.6 Å². The second-order valence-corrected chi connectivity index (χ2v) is 5.54. The van der Waals surface area contributed by atoms with Crippen molar-refractivity contribution < 1.29 is 0 Å². The average molecular weight is 230 g/mol. The molecule has 0 bridgehead atoms. The standard InChI is InChI=1S/C15H22N2/c16-9-15(17-10-11-5-6-11)14-4-2-1-3-13(14)12-7-8-12/h1-4,11-12,15,17H,5-10,16H2. The van der Waals surface area contributed by atoms with E-state index in [0.717, 1.165) is 18.4 Å². The molecule has 0 heterocycles. The fraction of sp³-hybridized carbons (Fsp3) is 0.600. The predicted octanol–water partition coefficient (Wildman–Crippen LogP) is 2.56. The number of benzene rings is 1. The first kappa shape index (κ1) is 11.2. The number of nitrogens with two attached hydrogens (primary N) is 1. The van der Waals surface area contributed by atoms with Crippen LogP contribution in [0.2, 0.25) is 0 Å². The van der Waals surface area contributed by atoms with Crippen molar-refractivity contribution in [1.82, 2.24) is 5.32 Å². The van der Waals surface area contributed by atoms with Crippen LogP contribution in [-0.4, -0.2) is 13.1 Å². The van der Waals surface area contributed by atoms with Crippen LogP contribution in [0.25, 0.3) is 0 Å². The van der Waals surface area contributed by atoms with E-state index in [1.807, 2.05) is 0 Å². The number of hydrogen-bond acceptors (Lipinski definition) is 2. The van der Waals surface area contributed by atoms with Crippen molar-refractivity contribution in [2.75, 3.05) is 13.1 Å². The van der Waals surface area contributed by atoms with Crippen molar-refractivity contribution in [2.24, 2.45) is 11.7 Å². The van der Waals surface area contributed by atoms with Crippen molar-refractivity contribution in [3.8, 4) is 0 Å². The minimum atomic E-state index is 0.354. The molecule has 0 spiro atoms. The van der Waals surface area contributed by atoms with E-state index in [9.17, 15) is 0 Å². The first-order chi connectivity index (χ1) is 8.38. The number of rotatable bonds is 6. The van der Waals surface area contributed by atoms with Gasteiger partial charge in [-0.2, -0.15) is 0 Å². The maximum Gasteiger partial charge on any atom is 0.0447 e. The lowest BCUT2D eigenvalue weighted by atomic mass is 9.97. The SMILES string of the molecule is NCC(NCC1CC1)c1ccccc1C1CC1. The van der Waals surface area contributed by atoms with Crippen molar-refractivity contribution in [3.05, 3.63) is 35.4 Å². The Balaban J connectivity index is 1.74. The zero-order valence-electron chi connectivity index (χ0n) is 10.4. The molecule has 2 fully saturated rings. The normalized spacial score (nSPS) is 21.5. The second kappa shape index (κ2) is 4.79. The minimum Gasteiger partial charge on any atom is -0.329 e. The summed E-state index contributed by atoms with van der Waals surface area (Å²) < 4.78 is 0. The summed E-state index contributed by atoms with van der Waals surface area (Å²) in [5, 5.41) is 3.65. The fourth-order valence-electron chi connectivity index (χ4n) is 2.55. The molecule has 1 aromatic rings. The van der Waals surface area contributed by atoms with Gasteiger partial charge in [0.25, 0.3) is 0 Å². The summed E-state index contributed by atoms with van der Waals surface area (Å²) in [4.78, 5) is 0. The van der Waals surface area contributed by atoms with Crippen LogP contribution < -0.4 is 11.1 Å². The molecule has 0 radical (unpaired) electrons. The highest BCUT2D eigenvalue weighted by atomic mass is 14.9. The van der Waals surface area contributed by atoms with Crippen LogP contribution in [0, 0.1) is 5.92 Å². The van der Waals surface area contributed by atoms with E-state index in [4.69, 9.17) is 5.73 Å². The van der Waals surface area contributed by atoms with E-state index >= 15 is 0 Å². The molecule has 92 valence electrons. The van der Waals surface area contributed by atoms with Gasteiger partial charge in [-0.25, -0.2) is 0 Å². The summed E-state index contributed by atoms with van der Waals surface area (Å²) in [6.45, 7) is 1.84. The zero-order valence-corrected chi connectivity index (χ0v) is 10.4. The molecule has 0 aliphatic heterocycles. The first-order valence-corrected chi connectivity index (χ1v) is 6.90. The van der Waals surface area contributed by atoms with Crippen LogP contribution >= 0.6 is 0 Å². The van der Waals surface area contributed by atoms with Crippen LogP contribution in [0.1, 0.15) is 48.8 Å². The Morgan fingerprint density at radius 2 is 1.94 bits per heavy atom. The lowest BCUT2D eigenvalue weighted by molar-refractivity contribution is 0.519. The van der Waals surface area contributed by atoms with E-state index in [1.165, 1.54) is 36.8 Å². The van der Waals surface area contributed by atoms with Gasteiger partial charge in [0.15, 0.2) is 0 Å². The second-order valence-electron chi connectivity index (χ2n) is 5.54. The van der Waals surface area contributed by atoms with Crippen molar-refractivity contribution >= 4 is 0 Å². The Bertz CT molecular complexity index is 380. The lowest BCUT2D eigenvalue weighted by Crippen LogP contribution is -2.30. The molecule has 0 saturated heterocycles. The maximum absolute atomic E-state index is 5.94. The molecule has 2 saturated carbocycles. The molecule has 3 rings (SSSR count). The molecule has 2 nitrogen and oxygen atoms in total. The van der Waals surface area contributed by atoms with Gasteiger partial charge in [-0.05, 0) is 55.2 Å². The monoisotopic (exact) mass is 230 g/mol. The van der Waals surface area contributed by atoms with Crippen molar-refractivity contribution in [1.29, 1.82) is 0 Å². The van der Waals surface area contributed by atoms with Gasteiger partial charge in [0.1, 0.15) is 0 Å². The molecule has 2 aliphatic rings. The fourth-order valence-corrected chi connectivity index (χ4v) is 2.55. The van der Waals surface area contributed by atoms with Crippen molar-refractivity contribution in [2.45, 2.75) is 37.6 Å². The molecule has 0 amide bonds. The van der Waals surface area contributed by atoms with Gasteiger partial charge in [0.05, 0.1) is 0 Å². The van der Waals surface area contributed by atoms with E-state index < -0.39 is 0 Å². The summed E-state index contributed by atoms with van der Waals surface area (Å²) in [6, 6.07) is 9.20. The van der Waals surface area contributed by atoms with E-state index in [2.05, 4.69) is 29.6 Å². The Morgan fingerprint density at radius 3 is 2.59 bits per heavy atom. The summed E-state index contributed by atoms with van der Waals surface area (Å²) in [7, 11) is 0. The van der Waals surface area contributed by atoms with E-state index in [-0.39, 0.29) is 0 Å². The summed E-state index contributed by atoms with van der Waals surface area (Å²) in [5.41, 5.74) is 8.91. The quantitative estimate of drug-likeness (QED) is 0.788. The number of hydrogen-bond donors (Lipinski definition) is 2. The molecule has 1 atom stereocenters. The smallest absolute Gasteiger partial charge is 0.0447 e. The van der Waals surface area contributed by atoms with Gasteiger partial charge in [-0.15, -0.1) is 0 Å². The van der Waals surface area contributed by atoms with Crippen LogP contribution in [0.3, 0.4) is 0 Å². The van der Waals surface area contributed by atoms with Crippen LogP contribution in [-0.2, 0) is 0 Å². The highest BCUT2D eigenvalue weighted by Gasteiger charge is 2.28. The molecule has 0 aromatic heterocycles. The highest BCUT2D eigenvalue weighted by Crippen LogP contribution is 2.42. The van der Waals surface area contributed by atoms with E-state index in [1.54, 1.807) is 0 Å². The highest BCUT2D eigenvalue weighted by molar-refractivity contribution is 5.35. The zero-order chi connectivity index (χ0) is 11.7. The third-order valence-electron chi connectivity index (χ3n) is 3.97. The predicted molar refractivity (Wildman–Crippen MR) is 70.9 cm³/mol. The molecule has 1 aromatic carbocycles. The summed E-state index contributed by atoms with van der Waals surface area (Å²) >= 11 is 0. The number of nitrogens with one attached hydrogen (secondary N) is 1. The molecule has 2 heteroatoms. The molecule has 17 heavy (non-hydrogen) atoms. The van der Waals surface area contributed by atoms with Gasteiger partial charge in [0, 0.05) is 12.6 Å². The molecule has 3 N–H and O–H groups in total. The Hall–Kier alpha value is -0.860. The van der Waals surface area contributed by atoms with Gasteiger partial charge in [-0.1, -0.05) is 24.3 Å². The Labute approximate surface area is 104 Å². The Morgan fingerprint density at radius 1 is 1.18 bits per heavy atom. The van der Waals surface area contributed by atoms with Crippen LogP contribution in [0.4, 0.5) is 0 Å². The topological polar surface area (TPSA) is 38.0 Å². The molecular weight excluding hydrogens is 208 g/mol. The lowest BCUT2D eigenvalue weighted by Gasteiger charge is -2.20. The summed E-state index contributed by atoms with van der Waals surface area (Å²) in [5.74, 6) is 1.72. The van der Waals surface area contributed by atoms with Crippen LogP contribution in [0.5, 0.6) is 0 Å². The maximum atomic E-state index is 5.94. The average Bonchev–Trinajstić information content (AvgIpc) is 3.24. The van der Waals surface area contributed by atoms with Crippen LogP contribution in [0.15, 0.2) is 24.3 Å². The molecular formula is C15H22N2. The summed E-state index contributed by atoms with van der Waals surface area (Å²) in [6.07, 6.45) is 5.51. The molecule has 1 unspecified atom stereocenters. The Kier molecular flexibility index (Phi) is 3.17. The third-order valence-corrected chi connectivity index (χ3v) is 3.97. The largest absolute Gasteiger partial charge is 0.329 e. The third kappa shape index (κ3) is 2.70. The van der Waals surface area contributed by atoms with Gasteiger partial charge in [-0.3, -0.25) is 0 Å². The molecule has 2 aliphatic carbocycles. The van der Waals surface area contributed by atoms with Gasteiger partial charge < -0.3 is 11.1 Å². The minimum absolute atomic E-state index is 0.354. The van der Waals surface area contributed by atoms with Gasteiger partial charge in [0.2, 0.25) is 0 Å².